The molecule has 45 heavy (non-hydrogen) atoms. The molecule has 1 nitrogen and oxygen atoms in total. The van der Waals surface area contributed by atoms with Crippen LogP contribution in [0.5, 0.6) is 0 Å². The van der Waals surface area contributed by atoms with Gasteiger partial charge in [-0.15, -0.1) is 0 Å². The summed E-state index contributed by atoms with van der Waals surface area (Å²) < 4.78 is 42.3. The standard InChI is InChI=1S/C44H28O/c1-3-15-29(16-4-1)31-19-7-8-21-33(31)43-34-22-9-11-24-36(34)44(37-25-12-10-23-35(37)43)40-28-42-39(32-20-13-14-26-41(32)45-42)27-38(40)30-17-5-2-6-18-30/h1-28H/i7D,8D,19D,21D. The highest BCUT2D eigenvalue weighted by Crippen LogP contribution is 2.49. The van der Waals surface area contributed by atoms with Crippen LogP contribution in [0.25, 0.3) is 88.0 Å². The third kappa shape index (κ3) is 4.09. The molecule has 8 aromatic carbocycles. The average Bonchev–Trinajstić information content (AvgIpc) is 3.52. The summed E-state index contributed by atoms with van der Waals surface area (Å²) in [5.74, 6) is 0. The van der Waals surface area contributed by atoms with Crippen molar-refractivity contribution in [2.45, 2.75) is 0 Å². The van der Waals surface area contributed by atoms with E-state index >= 15 is 0 Å². The third-order valence-electron chi connectivity index (χ3n) is 8.80. The number of hydrogen-bond donors (Lipinski definition) is 0. The van der Waals surface area contributed by atoms with E-state index < -0.39 is 0 Å². The second-order valence-electron chi connectivity index (χ2n) is 11.3. The van der Waals surface area contributed by atoms with Crippen molar-refractivity contribution in [3.05, 3.63) is 170 Å². The number of benzene rings is 8. The summed E-state index contributed by atoms with van der Waals surface area (Å²) in [4.78, 5) is 0. The fraction of sp³-hybridized carbons (Fsp3) is 0. The molecule has 0 saturated heterocycles. The van der Waals surface area contributed by atoms with Crippen LogP contribution >= 0.6 is 0 Å². The molecule has 0 amide bonds. The number of rotatable bonds is 4. The molecule has 0 aliphatic carbocycles. The van der Waals surface area contributed by atoms with E-state index in [1.165, 1.54) is 0 Å². The SMILES string of the molecule is [2H]c1c([2H])c([2H])c(-c2c3ccccc3c(-c3cc4oc5ccccc5c4cc3-c3ccccc3)c3ccccc23)c(-c2ccccc2)c1[2H]. The maximum Gasteiger partial charge on any atom is 0.136 e. The summed E-state index contributed by atoms with van der Waals surface area (Å²) in [6, 6.07) is 48.3. The summed E-state index contributed by atoms with van der Waals surface area (Å²) >= 11 is 0. The second kappa shape index (κ2) is 10.4. The Bertz CT molecular complexity index is 2690. The number of para-hydroxylation sites is 1. The van der Waals surface area contributed by atoms with Gasteiger partial charge in [0.25, 0.3) is 0 Å². The van der Waals surface area contributed by atoms with Gasteiger partial charge in [-0.1, -0.05) is 152 Å². The lowest BCUT2D eigenvalue weighted by atomic mass is 9.82. The first-order valence-corrected chi connectivity index (χ1v) is 15.1. The Morgan fingerprint density at radius 3 is 1.42 bits per heavy atom. The molecule has 0 fully saturated rings. The molecular formula is C44H28O. The zero-order valence-electron chi connectivity index (χ0n) is 28.3. The van der Waals surface area contributed by atoms with Crippen molar-refractivity contribution in [2.75, 3.05) is 0 Å². The molecular weight excluding hydrogens is 544 g/mol. The quantitative estimate of drug-likeness (QED) is 0.190. The first-order valence-electron chi connectivity index (χ1n) is 17.1. The van der Waals surface area contributed by atoms with Crippen molar-refractivity contribution in [3.63, 3.8) is 0 Å². The van der Waals surface area contributed by atoms with Gasteiger partial charge in [-0.3, -0.25) is 0 Å². The van der Waals surface area contributed by atoms with Crippen LogP contribution in [-0.4, -0.2) is 0 Å². The molecule has 9 aromatic rings. The smallest absolute Gasteiger partial charge is 0.136 e. The first-order chi connectivity index (χ1) is 24.0. The van der Waals surface area contributed by atoms with Crippen LogP contribution in [0.4, 0.5) is 0 Å². The summed E-state index contributed by atoms with van der Waals surface area (Å²) in [5, 5.41) is 5.89. The zero-order chi connectivity index (χ0) is 33.2. The van der Waals surface area contributed by atoms with Crippen molar-refractivity contribution in [2.24, 2.45) is 0 Å². The summed E-state index contributed by atoms with van der Waals surface area (Å²) in [6.45, 7) is 0. The second-order valence-corrected chi connectivity index (χ2v) is 11.3. The van der Waals surface area contributed by atoms with Crippen molar-refractivity contribution in [3.8, 4) is 44.5 Å². The monoisotopic (exact) mass is 576 g/mol. The lowest BCUT2D eigenvalue weighted by Crippen LogP contribution is -1.94. The predicted octanol–water partition coefficient (Wildman–Crippen LogP) is 12.6. The minimum Gasteiger partial charge on any atom is -0.456 e. The van der Waals surface area contributed by atoms with E-state index in [2.05, 4.69) is 66.7 Å². The lowest BCUT2D eigenvalue weighted by molar-refractivity contribution is 0.669. The molecule has 1 heterocycles. The summed E-state index contributed by atoms with van der Waals surface area (Å²) in [7, 11) is 0. The Morgan fingerprint density at radius 2 is 0.822 bits per heavy atom. The van der Waals surface area contributed by atoms with Gasteiger partial charge in [0, 0.05) is 10.8 Å². The first kappa shape index (κ1) is 21.7. The average molecular weight is 577 g/mol. The van der Waals surface area contributed by atoms with Gasteiger partial charge < -0.3 is 4.42 Å². The third-order valence-corrected chi connectivity index (χ3v) is 8.80. The topological polar surface area (TPSA) is 13.1 Å². The van der Waals surface area contributed by atoms with Gasteiger partial charge in [0.05, 0.1) is 5.48 Å². The van der Waals surface area contributed by atoms with Gasteiger partial charge in [0.1, 0.15) is 11.2 Å². The largest absolute Gasteiger partial charge is 0.456 e. The molecule has 0 saturated carbocycles. The van der Waals surface area contributed by atoms with E-state index in [9.17, 15) is 1.37 Å². The van der Waals surface area contributed by atoms with Crippen LogP contribution in [0.3, 0.4) is 0 Å². The highest BCUT2D eigenvalue weighted by Gasteiger charge is 2.22. The molecule has 0 bridgehead atoms. The van der Waals surface area contributed by atoms with E-state index in [1.807, 2.05) is 78.9 Å². The van der Waals surface area contributed by atoms with Crippen molar-refractivity contribution in [1.82, 2.24) is 0 Å². The van der Waals surface area contributed by atoms with E-state index in [0.717, 1.165) is 76.9 Å². The molecule has 0 atom stereocenters. The fourth-order valence-electron chi connectivity index (χ4n) is 6.84. The maximum absolute atomic E-state index is 9.32. The molecule has 0 spiro atoms. The van der Waals surface area contributed by atoms with Gasteiger partial charge in [0.15, 0.2) is 0 Å². The van der Waals surface area contributed by atoms with Crippen LogP contribution in [0.1, 0.15) is 5.48 Å². The molecule has 210 valence electrons. The molecule has 0 aliphatic rings. The molecule has 0 N–H and O–H groups in total. The van der Waals surface area contributed by atoms with Crippen molar-refractivity contribution in [1.29, 1.82) is 0 Å². The zero-order valence-corrected chi connectivity index (χ0v) is 24.3. The number of fused-ring (bicyclic) bond motifs is 5. The molecule has 9 rings (SSSR count). The molecule has 1 heteroatoms. The lowest BCUT2D eigenvalue weighted by Gasteiger charge is -2.21. The van der Waals surface area contributed by atoms with E-state index in [0.29, 0.717) is 11.1 Å². The van der Waals surface area contributed by atoms with Crippen LogP contribution in [0.15, 0.2) is 174 Å². The molecule has 0 radical (unpaired) electrons. The maximum atomic E-state index is 9.32. The van der Waals surface area contributed by atoms with Gasteiger partial charge in [-0.25, -0.2) is 0 Å². The van der Waals surface area contributed by atoms with Gasteiger partial charge >= 0.3 is 0 Å². The number of hydrogen-bond acceptors (Lipinski definition) is 1. The Hall–Kier alpha value is -5.92. The minimum absolute atomic E-state index is 0.0545. The molecule has 0 unspecified atom stereocenters. The van der Waals surface area contributed by atoms with Crippen LogP contribution in [-0.2, 0) is 0 Å². The normalized spacial score (nSPS) is 12.8. The predicted molar refractivity (Wildman–Crippen MR) is 190 cm³/mol. The molecule has 0 aliphatic heterocycles. The van der Waals surface area contributed by atoms with Crippen molar-refractivity contribution >= 4 is 43.5 Å². The highest BCUT2D eigenvalue weighted by molar-refractivity contribution is 6.24. The van der Waals surface area contributed by atoms with Gasteiger partial charge in [-0.05, 0) is 84.3 Å². The van der Waals surface area contributed by atoms with E-state index in [4.69, 9.17) is 8.53 Å². The minimum atomic E-state index is -0.251. The van der Waals surface area contributed by atoms with Gasteiger partial charge in [-0.2, -0.15) is 0 Å². The Kier molecular flexibility index (Phi) is 5.00. The highest BCUT2D eigenvalue weighted by atomic mass is 16.3. The van der Waals surface area contributed by atoms with E-state index in [-0.39, 0.29) is 24.2 Å². The van der Waals surface area contributed by atoms with Crippen LogP contribution in [0, 0.1) is 0 Å². The van der Waals surface area contributed by atoms with Crippen LogP contribution < -0.4 is 0 Å². The fourth-order valence-corrected chi connectivity index (χ4v) is 6.84. The Morgan fingerprint density at radius 1 is 0.356 bits per heavy atom. The summed E-state index contributed by atoms with van der Waals surface area (Å²) in [5.41, 5.74) is 8.38. The van der Waals surface area contributed by atoms with E-state index in [1.54, 1.807) is 0 Å². The van der Waals surface area contributed by atoms with Gasteiger partial charge in [0.2, 0.25) is 0 Å². The van der Waals surface area contributed by atoms with Crippen molar-refractivity contribution < 1.29 is 9.90 Å². The van der Waals surface area contributed by atoms with Crippen LogP contribution in [0.2, 0.25) is 0 Å². The molecule has 1 aromatic heterocycles. The number of furan rings is 1. The Balaban J connectivity index is 1.47. The Labute approximate surface area is 267 Å². The summed E-state index contributed by atoms with van der Waals surface area (Å²) in [6.07, 6.45) is 0.